The Bertz CT molecular complexity index is 1210. The van der Waals surface area contributed by atoms with Crippen LogP contribution in [0.1, 0.15) is 44.5 Å². The first-order valence-electron chi connectivity index (χ1n) is 9.01. The zero-order valence-electron chi connectivity index (χ0n) is 16.6. The number of nitriles is 1. The van der Waals surface area contributed by atoms with Crippen LogP contribution in [0.4, 0.5) is 5.00 Å². The highest BCUT2D eigenvalue weighted by molar-refractivity contribution is 7.18. The molecule has 3 aromatic rings. The van der Waals surface area contributed by atoms with Gasteiger partial charge in [-0.05, 0) is 44.9 Å². The Hall–Kier alpha value is -3.44. The molecule has 0 radical (unpaired) electrons. The molecule has 0 aliphatic heterocycles. The fourth-order valence-corrected chi connectivity index (χ4v) is 3.93. The van der Waals surface area contributed by atoms with Crippen molar-refractivity contribution in [1.29, 1.82) is 5.26 Å². The SMILES string of the molecule is CCOC(=O)c1sc(N=Cc2c(C)[nH]n(-c3ccccc3C)c2=O)c(C#N)c1C. The van der Waals surface area contributed by atoms with Gasteiger partial charge in [0.1, 0.15) is 15.9 Å². The summed E-state index contributed by atoms with van der Waals surface area (Å²) < 4.78 is 6.51. The summed E-state index contributed by atoms with van der Waals surface area (Å²) in [5.41, 5.74) is 3.36. The number of nitrogens with zero attached hydrogens (tertiary/aromatic N) is 3. The van der Waals surface area contributed by atoms with Crippen LogP contribution < -0.4 is 5.56 Å². The van der Waals surface area contributed by atoms with Gasteiger partial charge in [-0.15, -0.1) is 11.3 Å². The van der Waals surface area contributed by atoms with Gasteiger partial charge < -0.3 is 4.74 Å². The van der Waals surface area contributed by atoms with Gasteiger partial charge in [0.05, 0.1) is 23.4 Å². The van der Waals surface area contributed by atoms with E-state index in [1.165, 1.54) is 10.9 Å². The zero-order chi connectivity index (χ0) is 21.1. The van der Waals surface area contributed by atoms with Gasteiger partial charge in [-0.25, -0.2) is 14.5 Å². The molecular formula is C21H20N4O3S. The lowest BCUT2D eigenvalue weighted by molar-refractivity contribution is 0.0531. The molecule has 1 N–H and O–H groups in total. The molecule has 2 aromatic heterocycles. The summed E-state index contributed by atoms with van der Waals surface area (Å²) in [5, 5.41) is 12.9. The number of rotatable bonds is 5. The van der Waals surface area contributed by atoms with E-state index in [-0.39, 0.29) is 12.2 Å². The first-order valence-corrected chi connectivity index (χ1v) is 9.83. The molecule has 1 aromatic carbocycles. The van der Waals surface area contributed by atoms with E-state index in [0.717, 1.165) is 22.6 Å². The van der Waals surface area contributed by atoms with E-state index < -0.39 is 5.97 Å². The molecule has 0 unspecified atom stereocenters. The number of benzene rings is 1. The summed E-state index contributed by atoms with van der Waals surface area (Å²) in [5.74, 6) is -0.479. The van der Waals surface area contributed by atoms with E-state index in [2.05, 4.69) is 16.2 Å². The second kappa shape index (κ2) is 8.29. The maximum Gasteiger partial charge on any atom is 0.348 e. The van der Waals surface area contributed by atoms with Crippen molar-refractivity contribution in [3.63, 3.8) is 0 Å². The van der Waals surface area contributed by atoms with Gasteiger partial charge in [-0.2, -0.15) is 5.26 Å². The predicted molar refractivity (Wildman–Crippen MR) is 113 cm³/mol. The van der Waals surface area contributed by atoms with Crippen LogP contribution in [0.3, 0.4) is 0 Å². The Labute approximate surface area is 171 Å². The number of hydrogen-bond acceptors (Lipinski definition) is 6. The quantitative estimate of drug-likeness (QED) is 0.510. The molecule has 0 saturated heterocycles. The summed E-state index contributed by atoms with van der Waals surface area (Å²) in [6.45, 7) is 7.37. The normalized spacial score (nSPS) is 11.0. The largest absolute Gasteiger partial charge is 0.462 e. The minimum absolute atomic E-state index is 0.238. The number of ether oxygens (including phenoxy) is 1. The molecule has 0 saturated carbocycles. The summed E-state index contributed by atoms with van der Waals surface area (Å²) >= 11 is 1.08. The number of esters is 1. The van der Waals surface area contributed by atoms with E-state index >= 15 is 0 Å². The third-order valence-electron chi connectivity index (χ3n) is 4.49. The van der Waals surface area contributed by atoms with Crippen molar-refractivity contribution in [3.8, 4) is 11.8 Å². The van der Waals surface area contributed by atoms with Gasteiger partial charge in [0.15, 0.2) is 0 Å². The highest BCUT2D eigenvalue weighted by Gasteiger charge is 2.21. The van der Waals surface area contributed by atoms with Crippen LogP contribution in [0.25, 0.3) is 5.69 Å². The molecule has 0 fully saturated rings. The van der Waals surface area contributed by atoms with Gasteiger partial charge in [0, 0.05) is 11.9 Å². The fraction of sp³-hybridized carbons (Fsp3) is 0.238. The molecule has 0 spiro atoms. The van der Waals surface area contributed by atoms with Crippen molar-refractivity contribution in [3.05, 3.63) is 67.4 Å². The van der Waals surface area contributed by atoms with Crippen LogP contribution in [0, 0.1) is 32.1 Å². The van der Waals surface area contributed by atoms with Gasteiger partial charge >= 0.3 is 5.97 Å². The number of nitrogens with one attached hydrogen (secondary N) is 1. The van der Waals surface area contributed by atoms with Crippen LogP contribution in [0.15, 0.2) is 34.1 Å². The molecule has 148 valence electrons. The van der Waals surface area contributed by atoms with Gasteiger partial charge in [0.2, 0.25) is 0 Å². The third kappa shape index (κ3) is 3.77. The Balaban J connectivity index is 2.03. The minimum Gasteiger partial charge on any atom is -0.462 e. The van der Waals surface area contributed by atoms with Crippen molar-refractivity contribution >= 4 is 28.5 Å². The number of thiophene rings is 1. The van der Waals surface area contributed by atoms with Crippen molar-refractivity contribution < 1.29 is 9.53 Å². The van der Waals surface area contributed by atoms with Gasteiger partial charge in [-0.1, -0.05) is 18.2 Å². The number of aryl methyl sites for hydroxylation is 2. The molecular weight excluding hydrogens is 388 g/mol. The zero-order valence-corrected chi connectivity index (χ0v) is 17.4. The van der Waals surface area contributed by atoms with Crippen LogP contribution >= 0.6 is 11.3 Å². The lowest BCUT2D eigenvalue weighted by Gasteiger charge is -2.04. The van der Waals surface area contributed by atoms with Crippen molar-refractivity contribution in [1.82, 2.24) is 9.78 Å². The maximum absolute atomic E-state index is 12.9. The fourth-order valence-electron chi connectivity index (χ4n) is 2.93. The molecule has 8 heteroatoms. The lowest BCUT2D eigenvalue weighted by Crippen LogP contribution is -2.18. The molecule has 0 amide bonds. The van der Waals surface area contributed by atoms with E-state index in [0.29, 0.717) is 32.3 Å². The van der Waals surface area contributed by atoms with E-state index in [1.807, 2.05) is 31.2 Å². The topological polar surface area (TPSA) is 100 Å². The first-order chi connectivity index (χ1) is 13.9. The number of carbonyl (C=O) groups excluding carboxylic acids is 1. The summed E-state index contributed by atoms with van der Waals surface area (Å²) in [7, 11) is 0. The van der Waals surface area contributed by atoms with Crippen LogP contribution in [-0.4, -0.2) is 28.6 Å². The Morgan fingerprint density at radius 3 is 2.72 bits per heavy atom. The number of aromatic nitrogens is 2. The smallest absolute Gasteiger partial charge is 0.348 e. The molecule has 0 aliphatic carbocycles. The second-order valence-corrected chi connectivity index (χ2v) is 7.40. The first kappa shape index (κ1) is 20.3. The Morgan fingerprint density at radius 1 is 1.34 bits per heavy atom. The van der Waals surface area contributed by atoms with Crippen molar-refractivity contribution in [2.75, 3.05) is 6.61 Å². The Kier molecular flexibility index (Phi) is 5.80. The molecule has 0 atom stereocenters. The number of para-hydroxylation sites is 1. The number of aromatic amines is 1. The summed E-state index contributed by atoms with van der Waals surface area (Å²) in [6.07, 6.45) is 1.43. The number of carbonyl (C=O) groups is 1. The molecule has 7 nitrogen and oxygen atoms in total. The number of aliphatic imine (C=N–C) groups is 1. The molecule has 29 heavy (non-hydrogen) atoms. The monoisotopic (exact) mass is 408 g/mol. The van der Waals surface area contributed by atoms with Gasteiger partial charge in [-0.3, -0.25) is 9.89 Å². The molecule has 0 aliphatic rings. The Morgan fingerprint density at radius 2 is 2.07 bits per heavy atom. The van der Waals surface area contributed by atoms with Crippen LogP contribution in [0.2, 0.25) is 0 Å². The van der Waals surface area contributed by atoms with E-state index in [9.17, 15) is 14.9 Å². The highest BCUT2D eigenvalue weighted by Crippen LogP contribution is 2.35. The second-order valence-electron chi connectivity index (χ2n) is 6.40. The van der Waals surface area contributed by atoms with Crippen LogP contribution in [-0.2, 0) is 4.74 Å². The van der Waals surface area contributed by atoms with E-state index in [1.54, 1.807) is 20.8 Å². The lowest BCUT2D eigenvalue weighted by atomic mass is 10.2. The summed E-state index contributed by atoms with van der Waals surface area (Å²) in [4.78, 5) is 29.7. The number of hydrogen-bond donors (Lipinski definition) is 1. The summed E-state index contributed by atoms with van der Waals surface area (Å²) in [6, 6.07) is 9.64. The molecule has 2 heterocycles. The average Bonchev–Trinajstić information content (AvgIpc) is 3.16. The highest BCUT2D eigenvalue weighted by atomic mass is 32.1. The van der Waals surface area contributed by atoms with Gasteiger partial charge in [0.25, 0.3) is 5.56 Å². The molecule has 0 bridgehead atoms. The van der Waals surface area contributed by atoms with Crippen molar-refractivity contribution in [2.24, 2.45) is 4.99 Å². The average molecular weight is 408 g/mol. The third-order valence-corrected chi connectivity index (χ3v) is 5.66. The molecule has 3 rings (SSSR count). The van der Waals surface area contributed by atoms with E-state index in [4.69, 9.17) is 4.74 Å². The predicted octanol–water partition coefficient (Wildman–Crippen LogP) is 3.95. The minimum atomic E-state index is -0.479. The standard InChI is InChI=1S/C21H20N4O3S/c1-5-28-21(27)18-13(3)15(10-22)19(29-18)23-11-16-14(4)24-25(20(16)26)17-9-7-6-8-12(17)2/h6-9,11,24H,5H2,1-4H3. The maximum atomic E-state index is 12.9. The van der Waals surface area contributed by atoms with Crippen LogP contribution in [0.5, 0.6) is 0 Å². The van der Waals surface area contributed by atoms with Crippen molar-refractivity contribution in [2.45, 2.75) is 27.7 Å². The number of H-pyrrole nitrogens is 1.